The highest BCUT2D eigenvalue weighted by atomic mass is 16.5. The lowest BCUT2D eigenvalue weighted by molar-refractivity contribution is 0.0704. The summed E-state index contributed by atoms with van der Waals surface area (Å²) >= 11 is 0. The van der Waals surface area contributed by atoms with E-state index in [1.807, 2.05) is 54.3 Å². The molecule has 0 bridgehead atoms. The average molecular weight is 338 g/mol. The van der Waals surface area contributed by atoms with E-state index in [2.05, 4.69) is 11.4 Å². The highest BCUT2D eigenvalue weighted by molar-refractivity contribution is 5.94. The molecule has 4 nitrogen and oxygen atoms in total. The summed E-state index contributed by atoms with van der Waals surface area (Å²) in [4.78, 5) is 14.5. The van der Waals surface area contributed by atoms with Crippen molar-refractivity contribution in [3.05, 3.63) is 65.2 Å². The quantitative estimate of drug-likeness (QED) is 0.908. The molecule has 25 heavy (non-hydrogen) atoms. The molecule has 1 amide bonds. The molecule has 132 valence electrons. The smallest absolute Gasteiger partial charge is 0.253 e. The van der Waals surface area contributed by atoms with Crippen molar-refractivity contribution >= 4 is 5.91 Å². The molecule has 0 radical (unpaired) electrons. The molecular formula is C21H26N2O2. The Bertz CT molecular complexity index is 704. The van der Waals surface area contributed by atoms with Gasteiger partial charge in [0.2, 0.25) is 0 Å². The van der Waals surface area contributed by atoms with E-state index in [1.54, 1.807) is 7.11 Å². The number of carbonyl (C=O) groups excluding carboxylic acids is 1. The van der Waals surface area contributed by atoms with Gasteiger partial charge in [0, 0.05) is 36.8 Å². The number of para-hydroxylation sites is 1. The summed E-state index contributed by atoms with van der Waals surface area (Å²) in [6, 6.07) is 16.4. The maximum Gasteiger partial charge on any atom is 0.253 e. The second kappa shape index (κ2) is 8.17. The molecule has 1 N–H and O–H groups in total. The zero-order valence-electron chi connectivity index (χ0n) is 15.0. The van der Waals surface area contributed by atoms with Crippen LogP contribution in [0.5, 0.6) is 5.75 Å². The normalized spacial score (nSPS) is 15.2. The van der Waals surface area contributed by atoms with Crippen molar-refractivity contribution in [3.8, 4) is 5.75 Å². The molecule has 0 aromatic heterocycles. The van der Waals surface area contributed by atoms with Gasteiger partial charge in [-0.15, -0.1) is 0 Å². The molecule has 0 atom stereocenters. The second-order valence-electron chi connectivity index (χ2n) is 6.63. The van der Waals surface area contributed by atoms with Crippen LogP contribution in [0.15, 0.2) is 48.5 Å². The van der Waals surface area contributed by atoms with Crippen molar-refractivity contribution in [2.24, 2.45) is 0 Å². The number of benzene rings is 2. The first-order chi connectivity index (χ1) is 12.2. The molecule has 0 spiro atoms. The van der Waals surface area contributed by atoms with Gasteiger partial charge in [-0.1, -0.05) is 35.9 Å². The van der Waals surface area contributed by atoms with Crippen LogP contribution in [-0.4, -0.2) is 37.0 Å². The number of likely N-dealkylation sites (tertiary alicyclic amines) is 1. The Balaban J connectivity index is 1.50. The minimum absolute atomic E-state index is 0.142. The lowest BCUT2D eigenvalue weighted by Gasteiger charge is -2.32. The first-order valence-electron chi connectivity index (χ1n) is 8.88. The molecule has 0 aliphatic carbocycles. The van der Waals surface area contributed by atoms with Crippen LogP contribution in [0.2, 0.25) is 0 Å². The first kappa shape index (κ1) is 17.5. The number of nitrogens with zero attached hydrogens (tertiary/aromatic N) is 1. The van der Waals surface area contributed by atoms with Crippen LogP contribution in [0.3, 0.4) is 0 Å². The number of hydrogen-bond donors (Lipinski definition) is 1. The van der Waals surface area contributed by atoms with E-state index in [9.17, 15) is 4.79 Å². The van der Waals surface area contributed by atoms with Crippen molar-refractivity contribution in [2.75, 3.05) is 20.2 Å². The molecule has 1 aliphatic heterocycles. The predicted molar refractivity (Wildman–Crippen MR) is 99.9 cm³/mol. The van der Waals surface area contributed by atoms with Crippen LogP contribution in [0.25, 0.3) is 0 Å². The topological polar surface area (TPSA) is 41.6 Å². The van der Waals surface area contributed by atoms with E-state index in [0.717, 1.165) is 43.8 Å². The van der Waals surface area contributed by atoms with Crippen LogP contribution in [0, 0.1) is 6.92 Å². The molecule has 1 aliphatic rings. The van der Waals surface area contributed by atoms with Gasteiger partial charge in [0.15, 0.2) is 0 Å². The summed E-state index contributed by atoms with van der Waals surface area (Å²) in [6.07, 6.45) is 1.96. The largest absolute Gasteiger partial charge is 0.496 e. The van der Waals surface area contributed by atoms with Crippen molar-refractivity contribution < 1.29 is 9.53 Å². The van der Waals surface area contributed by atoms with Crippen LogP contribution in [0.4, 0.5) is 0 Å². The van der Waals surface area contributed by atoms with Crippen LogP contribution in [-0.2, 0) is 6.54 Å². The molecule has 4 heteroatoms. The summed E-state index contributed by atoms with van der Waals surface area (Å²) in [5.74, 6) is 1.06. The summed E-state index contributed by atoms with van der Waals surface area (Å²) in [5, 5.41) is 3.60. The van der Waals surface area contributed by atoms with E-state index in [4.69, 9.17) is 4.74 Å². The number of methoxy groups -OCH3 is 1. The van der Waals surface area contributed by atoms with Gasteiger partial charge in [0.1, 0.15) is 5.75 Å². The maximum atomic E-state index is 12.6. The Hall–Kier alpha value is -2.33. The predicted octanol–water partition coefficient (Wildman–Crippen LogP) is 3.40. The third kappa shape index (κ3) is 4.40. The van der Waals surface area contributed by atoms with Gasteiger partial charge in [0.25, 0.3) is 5.91 Å². The number of ether oxygens (including phenoxy) is 1. The molecule has 1 heterocycles. The molecule has 1 fully saturated rings. The Morgan fingerprint density at radius 2 is 1.80 bits per heavy atom. The molecule has 1 saturated heterocycles. The van der Waals surface area contributed by atoms with Crippen LogP contribution < -0.4 is 10.1 Å². The zero-order chi connectivity index (χ0) is 17.6. The first-order valence-corrected chi connectivity index (χ1v) is 8.88. The van der Waals surface area contributed by atoms with Gasteiger partial charge in [0.05, 0.1) is 7.11 Å². The van der Waals surface area contributed by atoms with Gasteiger partial charge in [-0.25, -0.2) is 0 Å². The summed E-state index contributed by atoms with van der Waals surface area (Å²) in [6.45, 7) is 4.43. The lowest BCUT2D eigenvalue weighted by Crippen LogP contribution is -2.44. The van der Waals surface area contributed by atoms with Crippen LogP contribution >= 0.6 is 0 Å². The zero-order valence-corrected chi connectivity index (χ0v) is 15.0. The van der Waals surface area contributed by atoms with Crippen molar-refractivity contribution in [1.29, 1.82) is 0 Å². The van der Waals surface area contributed by atoms with Crippen molar-refractivity contribution in [1.82, 2.24) is 10.2 Å². The monoisotopic (exact) mass is 338 g/mol. The number of hydrogen-bond acceptors (Lipinski definition) is 3. The number of carbonyl (C=O) groups is 1. The molecule has 0 unspecified atom stereocenters. The van der Waals surface area contributed by atoms with Crippen molar-refractivity contribution in [2.45, 2.75) is 32.4 Å². The Morgan fingerprint density at radius 3 is 2.48 bits per heavy atom. The minimum Gasteiger partial charge on any atom is -0.496 e. The van der Waals surface area contributed by atoms with Crippen molar-refractivity contribution in [3.63, 3.8) is 0 Å². The fourth-order valence-corrected chi connectivity index (χ4v) is 3.27. The average Bonchev–Trinajstić information content (AvgIpc) is 2.67. The summed E-state index contributed by atoms with van der Waals surface area (Å²) in [5.41, 5.74) is 3.13. The lowest BCUT2D eigenvalue weighted by atomic mass is 10.0. The fraction of sp³-hybridized carbons (Fsp3) is 0.381. The Kier molecular flexibility index (Phi) is 5.71. The van der Waals surface area contributed by atoms with E-state index in [1.165, 1.54) is 11.1 Å². The van der Waals surface area contributed by atoms with Gasteiger partial charge < -0.3 is 15.0 Å². The third-order valence-corrected chi connectivity index (χ3v) is 4.85. The van der Waals surface area contributed by atoms with E-state index < -0.39 is 0 Å². The molecule has 2 aromatic rings. The second-order valence-corrected chi connectivity index (χ2v) is 6.63. The van der Waals surface area contributed by atoms with Gasteiger partial charge in [-0.2, -0.15) is 0 Å². The maximum absolute atomic E-state index is 12.6. The fourth-order valence-electron chi connectivity index (χ4n) is 3.27. The minimum atomic E-state index is 0.142. The molecule has 0 saturated carbocycles. The third-order valence-electron chi connectivity index (χ3n) is 4.85. The van der Waals surface area contributed by atoms with Gasteiger partial charge >= 0.3 is 0 Å². The Morgan fingerprint density at radius 1 is 1.12 bits per heavy atom. The molecule has 3 rings (SSSR count). The van der Waals surface area contributed by atoms with E-state index in [-0.39, 0.29) is 5.91 Å². The summed E-state index contributed by atoms with van der Waals surface area (Å²) < 4.78 is 5.40. The summed E-state index contributed by atoms with van der Waals surface area (Å²) in [7, 11) is 1.70. The molecule has 2 aromatic carbocycles. The number of piperidine rings is 1. The highest BCUT2D eigenvalue weighted by Gasteiger charge is 2.23. The van der Waals surface area contributed by atoms with Crippen LogP contribution in [0.1, 0.15) is 34.3 Å². The number of amides is 1. The standard InChI is InChI=1S/C21H26N2O2/c1-16-7-9-17(10-8-16)21(24)23-13-11-19(12-14-23)22-15-18-5-3-4-6-20(18)25-2/h3-10,19,22H,11-15H2,1-2H3. The molecular weight excluding hydrogens is 312 g/mol. The number of nitrogens with one attached hydrogen (secondary N) is 1. The van der Waals surface area contributed by atoms with Gasteiger partial charge in [-0.3, -0.25) is 4.79 Å². The highest BCUT2D eigenvalue weighted by Crippen LogP contribution is 2.19. The van der Waals surface area contributed by atoms with Gasteiger partial charge in [-0.05, 0) is 38.0 Å². The number of aryl methyl sites for hydroxylation is 1. The Labute approximate surface area is 149 Å². The van der Waals surface area contributed by atoms with E-state index in [0.29, 0.717) is 6.04 Å². The van der Waals surface area contributed by atoms with E-state index >= 15 is 0 Å². The number of rotatable bonds is 5. The SMILES string of the molecule is COc1ccccc1CNC1CCN(C(=O)c2ccc(C)cc2)CC1.